The van der Waals surface area contributed by atoms with E-state index in [9.17, 15) is 4.79 Å². The summed E-state index contributed by atoms with van der Waals surface area (Å²) in [6.07, 6.45) is 4.89. The number of rotatable bonds is 9. The third-order valence-electron chi connectivity index (χ3n) is 5.62. The van der Waals surface area contributed by atoms with Crippen LogP contribution < -0.4 is 14.8 Å². The Balaban J connectivity index is 1.60. The van der Waals surface area contributed by atoms with Crippen molar-refractivity contribution in [3.8, 4) is 11.5 Å². The van der Waals surface area contributed by atoms with E-state index in [1.54, 1.807) is 14.2 Å². The summed E-state index contributed by atoms with van der Waals surface area (Å²) in [7, 11) is 3.36. The Morgan fingerprint density at radius 2 is 1.72 bits per heavy atom. The summed E-state index contributed by atoms with van der Waals surface area (Å²) in [4.78, 5) is 15.0. The number of hydrogen-bond donors (Lipinski definition) is 1. The molecule has 1 atom stereocenters. The van der Waals surface area contributed by atoms with Crippen LogP contribution in [0.1, 0.15) is 42.9 Å². The van der Waals surface area contributed by atoms with Gasteiger partial charge in [0.2, 0.25) is 5.91 Å². The highest BCUT2D eigenvalue weighted by Crippen LogP contribution is 2.30. The second-order valence-electron chi connectivity index (χ2n) is 7.51. The lowest BCUT2D eigenvalue weighted by molar-refractivity contribution is -0.121. The topological polar surface area (TPSA) is 50.8 Å². The zero-order valence-corrected chi connectivity index (χ0v) is 17.5. The molecule has 1 fully saturated rings. The van der Waals surface area contributed by atoms with E-state index in [1.807, 2.05) is 42.5 Å². The number of nitrogens with zero attached hydrogens (tertiary/aromatic N) is 1. The molecule has 0 aromatic heterocycles. The minimum atomic E-state index is 0.0812. The molecule has 0 spiro atoms. The molecule has 29 heavy (non-hydrogen) atoms. The first-order chi connectivity index (χ1) is 14.2. The third kappa shape index (κ3) is 5.97. The van der Waals surface area contributed by atoms with E-state index in [1.165, 1.54) is 19.3 Å². The van der Waals surface area contributed by atoms with Gasteiger partial charge < -0.3 is 14.8 Å². The summed E-state index contributed by atoms with van der Waals surface area (Å²) in [6, 6.07) is 16.2. The van der Waals surface area contributed by atoms with Gasteiger partial charge in [-0.3, -0.25) is 9.69 Å². The Kier molecular flexibility index (Phi) is 7.94. The summed E-state index contributed by atoms with van der Waals surface area (Å²) in [5, 5.41) is 3.16. The van der Waals surface area contributed by atoms with Gasteiger partial charge in [0.25, 0.3) is 0 Å². The third-order valence-corrected chi connectivity index (χ3v) is 5.62. The van der Waals surface area contributed by atoms with Crippen LogP contribution in [0.5, 0.6) is 11.5 Å². The molecule has 2 aromatic rings. The maximum atomic E-state index is 12.5. The van der Waals surface area contributed by atoms with Gasteiger partial charge in [-0.2, -0.15) is 0 Å². The van der Waals surface area contributed by atoms with E-state index in [4.69, 9.17) is 9.47 Å². The minimum Gasteiger partial charge on any atom is -0.497 e. The Labute approximate surface area is 174 Å². The second kappa shape index (κ2) is 10.9. The molecular weight excluding hydrogens is 364 g/mol. The number of hydrogen-bond acceptors (Lipinski definition) is 4. The van der Waals surface area contributed by atoms with Crippen LogP contribution in [-0.4, -0.2) is 44.7 Å². The van der Waals surface area contributed by atoms with Crippen LogP contribution in [-0.2, 0) is 11.2 Å². The first-order valence-corrected chi connectivity index (χ1v) is 10.5. The summed E-state index contributed by atoms with van der Waals surface area (Å²) in [5.74, 6) is 1.80. The van der Waals surface area contributed by atoms with Crippen LogP contribution >= 0.6 is 0 Å². The molecule has 1 amide bonds. The molecule has 156 valence electrons. The Bertz CT molecular complexity index is 770. The van der Waals surface area contributed by atoms with Crippen LogP contribution in [0.2, 0.25) is 0 Å². The first-order valence-electron chi connectivity index (χ1n) is 10.5. The van der Waals surface area contributed by atoms with Crippen LogP contribution in [0.4, 0.5) is 0 Å². The lowest BCUT2D eigenvalue weighted by Crippen LogP contribution is -2.40. The highest BCUT2D eigenvalue weighted by atomic mass is 16.5. The summed E-state index contributed by atoms with van der Waals surface area (Å²) in [6.45, 7) is 2.72. The van der Waals surface area contributed by atoms with E-state index in [0.29, 0.717) is 13.0 Å². The number of amides is 1. The predicted molar refractivity (Wildman–Crippen MR) is 115 cm³/mol. The number of nitrogens with one attached hydrogen (secondary N) is 1. The number of ether oxygens (including phenoxy) is 2. The number of piperidine rings is 1. The molecular formula is C24H32N2O3. The predicted octanol–water partition coefficient (Wildman–Crippen LogP) is 3.98. The van der Waals surface area contributed by atoms with Crippen LogP contribution in [0.25, 0.3) is 0 Å². The van der Waals surface area contributed by atoms with E-state index in [2.05, 4.69) is 16.3 Å². The largest absolute Gasteiger partial charge is 0.497 e. The highest BCUT2D eigenvalue weighted by molar-refractivity contribution is 5.76. The first kappa shape index (κ1) is 21.2. The average molecular weight is 397 g/mol. The maximum Gasteiger partial charge on any atom is 0.220 e. The van der Waals surface area contributed by atoms with E-state index in [-0.39, 0.29) is 11.9 Å². The molecule has 5 nitrogen and oxygen atoms in total. The zero-order valence-electron chi connectivity index (χ0n) is 17.5. The van der Waals surface area contributed by atoms with Gasteiger partial charge in [-0.05, 0) is 56.1 Å². The molecule has 2 aromatic carbocycles. The summed E-state index contributed by atoms with van der Waals surface area (Å²) in [5.41, 5.74) is 2.28. The minimum absolute atomic E-state index is 0.0812. The summed E-state index contributed by atoms with van der Waals surface area (Å²) >= 11 is 0. The van der Waals surface area contributed by atoms with Crippen molar-refractivity contribution in [3.05, 3.63) is 59.7 Å². The van der Waals surface area contributed by atoms with E-state index >= 15 is 0 Å². The van der Waals surface area contributed by atoms with Gasteiger partial charge >= 0.3 is 0 Å². The lowest BCUT2D eigenvalue weighted by Gasteiger charge is -2.35. The molecule has 1 N–H and O–H groups in total. The molecule has 0 aliphatic carbocycles. The Morgan fingerprint density at radius 1 is 1.00 bits per heavy atom. The molecule has 0 saturated carbocycles. The van der Waals surface area contributed by atoms with Gasteiger partial charge in [0.1, 0.15) is 11.5 Å². The Morgan fingerprint density at radius 3 is 2.41 bits per heavy atom. The standard InChI is InChI=1S/C24H32N2O3/c1-28-20-13-10-19(11-14-20)12-15-24(27)25-18-22(26-16-6-3-7-17-26)21-8-4-5-9-23(21)29-2/h4-5,8-11,13-14,22H,3,6-7,12,15-18H2,1-2H3,(H,25,27). The van der Waals surface area contributed by atoms with Crippen molar-refractivity contribution in [1.29, 1.82) is 0 Å². The van der Waals surface area contributed by atoms with Gasteiger partial charge in [0.05, 0.1) is 20.3 Å². The van der Waals surface area contributed by atoms with Crippen molar-refractivity contribution < 1.29 is 14.3 Å². The van der Waals surface area contributed by atoms with Crippen molar-refractivity contribution in [2.45, 2.75) is 38.1 Å². The molecule has 1 aliphatic rings. The van der Waals surface area contributed by atoms with Crippen molar-refractivity contribution in [3.63, 3.8) is 0 Å². The molecule has 1 heterocycles. The fraction of sp³-hybridized carbons (Fsp3) is 0.458. The van der Waals surface area contributed by atoms with Crippen LogP contribution in [0, 0.1) is 0 Å². The maximum absolute atomic E-state index is 12.5. The van der Waals surface area contributed by atoms with Crippen molar-refractivity contribution in [1.82, 2.24) is 10.2 Å². The molecule has 0 bridgehead atoms. The second-order valence-corrected chi connectivity index (χ2v) is 7.51. The summed E-state index contributed by atoms with van der Waals surface area (Å²) < 4.78 is 10.8. The molecule has 0 radical (unpaired) electrons. The van der Waals surface area contributed by atoms with Gasteiger partial charge in [0.15, 0.2) is 0 Å². The molecule has 1 aliphatic heterocycles. The number of benzene rings is 2. The molecule has 3 rings (SSSR count). The zero-order chi connectivity index (χ0) is 20.5. The normalized spacial score (nSPS) is 15.5. The molecule has 5 heteroatoms. The van der Waals surface area contributed by atoms with E-state index in [0.717, 1.165) is 42.1 Å². The molecule has 1 unspecified atom stereocenters. The van der Waals surface area contributed by atoms with Gasteiger partial charge in [-0.15, -0.1) is 0 Å². The molecule has 1 saturated heterocycles. The Hall–Kier alpha value is -2.53. The van der Waals surface area contributed by atoms with Crippen molar-refractivity contribution in [2.24, 2.45) is 0 Å². The lowest BCUT2D eigenvalue weighted by atomic mass is 10.0. The number of aryl methyl sites for hydroxylation is 1. The van der Waals surface area contributed by atoms with Crippen LogP contribution in [0.15, 0.2) is 48.5 Å². The van der Waals surface area contributed by atoms with Crippen molar-refractivity contribution in [2.75, 3.05) is 33.9 Å². The van der Waals surface area contributed by atoms with Gasteiger partial charge in [-0.25, -0.2) is 0 Å². The number of carbonyl (C=O) groups excluding carboxylic acids is 1. The number of carbonyl (C=O) groups is 1. The number of para-hydroxylation sites is 1. The van der Waals surface area contributed by atoms with Gasteiger partial charge in [0, 0.05) is 18.5 Å². The smallest absolute Gasteiger partial charge is 0.220 e. The fourth-order valence-electron chi connectivity index (χ4n) is 3.96. The van der Waals surface area contributed by atoms with E-state index < -0.39 is 0 Å². The van der Waals surface area contributed by atoms with Gasteiger partial charge in [-0.1, -0.05) is 36.8 Å². The quantitative estimate of drug-likeness (QED) is 0.697. The highest BCUT2D eigenvalue weighted by Gasteiger charge is 2.25. The monoisotopic (exact) mass is 396 g/mol. The average Bonchev–Trinajstić information content (AvgIpc) is 2.79. The van der Waals surface area contributed by atoms with Crippen LogP contribution in [0.3, 0.4) is 0 Å². The van der Waals surface area contributed by atoms with Crippen molar-refractivity contribution >= 4 is 5.91 Å². The number of likely N-dealkylation sites (tertiary alicyclic amines) is 1. The SMILES string of the molecule is COc1ccc(CCC(=O)NCC(c2ccccc2OC)N2CCCCC2)cc1. The fourth-order valence-corrected chi connectivity index (χ4v) is 3.96. The number of methoxy groups -OCH3 is 2.